The summed E-state index contributed by atoms with van der Waals surface area (Å²) in [4.78, 5) is 4.51. The van der Waals surface area contributed by atoms with Gasteiger partial charge in [0.05, 0.1) is 12.8 Å². The van der Waals surface area contributed by atoms with Gasteiger partial charge in [0.2, 0.25) is 6.79 Å². The van der Waals surface area contributed by atoms with E-state index in [1.807, 2.05) is 42.5 Å². The lowest BCUT2D eigenvalue weighted by molar-refractivity contribution is 0.174. The van der Waals surface area contributed by atoms with E-state index in [1.165, 1.54) is 0 Å². The molecule has 2 aromatic carbocycles. The molecule has 1 atom stereocenters. The van der Waals surface area contributed by atoms with Gasteiger partial charge in [-0.05, 0) is 42.4 Å². The summed E-state index contributed by atoms with van der Waals surface area (Å²) in [5, 5.41) is 6.83. The largest absolute Gasteiger partial charge is 0.497 e. The summed E-state index contributed by atoms with van der Waals surface area (Å²) >= 11 is 0. The number of hydrogen-bond donors (Lipinski definition) is 3. The van der Waals surface area contributed by atoms with Crippen LogP contribution in [0.3, 0.4) is 0 Å². The Morgan fingerprint density at radius 2 is 2.07 bits per heavy atom. The third-order valence-corrected chi connectivity index (χ3v) is 4.75. The lowest BCUT2D eigenvalue weighted by atomic mass is 9.95. The number of nitrogens with one attached hydrogen (secondary N) is 2. The third-order valence-electron chi connectivity index (χ3n) is 4.75. The van der Waals surface area contributed by atoms with Gasteiger partial charge < -0.3 is 25.3 Å². The summed E-state index contributed by atoms with van der Waals surface area (Å²) in [5.41, 5.74) is 8.41. The standard InChI is InChI=1S/C21H24N4O3/c1-3-23-21(11-14-7-8-18-19(9-14)28-13-27-18)12-17(24-20(22)25-21)15-5-4-6-16(10-15)26-2/h4-10,12,23H,3,11,13H2,1-2H3,(H3,22,24,25). The highest BCUT2D eigenvalue weighted by Crippen LogP contribution is 2.34. The van der Waals surface area contributed by atoms with Crippen LogP contribution in [0.2, 0.25) is 0 Å². The Kier molecular flexibility index (Phi) is 4.83. The van der Waals surface area contributed by atoms with Crippen molar-refractivity contribution in [2.45, 2.75) is 19.0 Å². The maximum atomic E-state index is 6.16. The zero-order valence-electron chi connectivity index (χ0n) is 16.0. The molecule has 0 amide bonds. The molecule has 4 N–H and O–H groups in total. The number of guanidine groups is 1. The van der Waals surface area contributed by atoms with Crippen LogP contribution in [0.15, 0.2) is 53.5 Å². The SMILES string of the molecule is CCNC1(Cc2ccc3c(c2)OCO3)C=C(c2cccc(OC)c2)N=C(N)N1. The molecule has 0 fully saturated rings. The molecule has 2 aromatic rings. The van der Waals surface area contributed by atoms with Crippen molar-refractivity contribution >= 4 is 11.7 Å². The number of nitrogens with zero attached hydrogens (tertiary/aromatic N) is 1. The van der Waals surface area contributed by atoms with Gasteiger partial charge in [0.1, 0.15) is 11.4 Å². The summed E-state index contributed by atoms with van der Waals surface area (Å²) in [5.74, 6) is 2.67. The number of aliphatic imine (C=N–C) groups is 1. The molecule has 146 valence electrons. The van der Waals surface area contributed by atoms with Gasteiger partial charge in [0.25, 0.3) is 0 Å². The van der Waals surface area contributed by atoms with Crippen molar-refractivity contribution in [2.75, 3.05) is 20.4 Å². The van der Waals surface area contributed by atoms with Crippen molar-refractivity contribution in [1.29, 1.82) is 0 Å². The first-order valence-corrected chi connectivity index (χ1v) is 9.24. The number of fused-ring (bicyclic) bond motifs is 1. The third kappa shape index (κ3) is 3.61. The summed E-state index contributed by atoms with van der Waals surface area (Å²) < 4.78 is 16.3. The van der Waals surface area contributed by atoms with Gasteiger partial charge in [-0.2, -0.15) is 0 Å². The minimum absolute atomic E-state index is 0.259. The van der Waals surface area contributed by atoms with E-state index < -0.39 is 5.66 Å². The Labute approximate surface area is 164 Å². The average Bonchev–Trinajstić information content (AvgIpc) is 3.15. The molecule has 4 rings (SSSR count). The van der Waals surface area contributed by atoms with Crippen LogP contribution in [0.1, 0.15) is 18.1 Å². The van der Waals surface area contributed by atoms with Crippen molar-refractivity contribution in [3.8, 4) is 17.2 Å². The van der Waals surface area contributed by atoms with Crippen LogP contribution in [0.5, 0.6) is 17.2 Å². The van der Waals surface area contributed by atoms with Gasteiger partial charge in [-0.25, -0.2) is 4.99 Å². The lowest BCUT2D eigenvalue weighted by Gasteiger charge is -2.36. The van der Waals surface area contributed by atoms with Crippen molar-refractivity contribution in [3.05, 3.63) is 59.7 Å². The van der Waals surface area contributed by atoms with Crippen LogP contribution >= 0.6 is 0 Å². The molecular weight excluding hydrogens is 356 g/mol. The van der Waals surface area contributed by atoms with E-state index in [1.54, 1.807) is 7.11 Å². The molecule has 1 unspecified atom stereocenters. The molecule has 0 saturated carbocycles. The topological polar surface area (TPSA) is 90.1 Å². The van der Waals surface area contributed by atoms with Gasteiger partial charge >= 0.3 is 0 Å². The van der Waals surface area contributed by atoms with E-state index >= 15 is 0 Å². The van der Waals surface area contributed by atoms with Crippen molar-refractivity contribution in [2.24, 2.45) is 10.7 Å². The van der Waals surface area contributed by atoms with Crippen LogP contribution in [-0.4, -0.2) is 32.1 Å². The number of rotatable bonds is 6. The van der Waals surface area contributed by atoms with Crippen LogP contribution in [0.25, 0.3) is 5.70 Å². The molecular formula is C21H24N4O3. The Balaban J connectivity index is 1.70. The van der Waals surface area contributed by atoms with E-state index in [4.69, 9.17) is 19.9 Å². The Hall–Kier alpha value is -3.19. The van der Waals surface area contributed by atoms with E-state index in [9.17, 15) is 0 Å². The van der Waals surface area contributed by atoms with Crippen LogP contribution in [-0.2, 0) is 6.42 Å². The highest BCUT2D eigenvalue weighted by Gasteiger charge is 2.32. The first-order chi connectivity index (χ1) is 13.6. The molecule has 0 saturated heterocycles. The van der Waals surface area contributed by atoms with Gasteiger partial charge in [0.15, 0.2) is 17.5 Å². The fourth-order valence-corrected chi connectivity index (χ4v) is 3.56. The van der Waals surface area contributed by atoms with Crippen LogP contribution in [0, 0.1) is 0 Å². The zero-order chi connectivity index (χ0) is 19.6. The molecule has 0 aromatic heterocycles. The number of methoxy groups -OCH3 is 1. The molecule has 2 aliphatic rings. The average molecular weight is 380 g/mol. The zero-order valence-corrected chi connectivity index (χ0v) is 16.0. The van der Waals surface area contributed by atoms with Gasteiger partial charge in [0, 0.05) is 12.0 Å². The lowest BCUT2D eigenvalue weighted by Crippen LogP contribution is -2.62. The second-order valence-corrected chi connectivity index (χ2v) is 6.75. The molecule has 2 aliphatic heterocycles. The maximum absolute atomic E-state index is 6.16. The minimum atomic E-state index is -0.577. The Bertz CT molecular complexity index is 941. The predicted octanol–water partition coefficient (Wildman–Crippen LogP) is 2.23. The molecule has 0 radical (unpaired) electrons. The molecule has 7 nitrogen and oxygen atoms in total. The predicted molar refractivity (Wildman–Crippen MR) is 108 cm³/mol. The first-order valence-electron chi connectivity index (χ1n) is 9.24. The number of hydrogen-bond acceptors (Lipinski definition) is 7. The number of ether oxygens (including phenoxy) is 3. The highest BCUT2D eigenvalue weighted by atomic mass is 16.7. The summed E-state index contributed by atoms with van der Waals surface area (Å²) in [6.07, 6.45) is 2.73. The molecule has 0 aliphatic carbocycles. The Morgan fingerprint density at radius 1 is 1.21 bits per heavy atom. The highest BCUT2D eigenvalue weighted by molar-refractivity contribution is 5.88. The second kappa shape index (κ2) is 7.44. The van der Waals surface area contributed by atoms with Gasteiger partial charge in [-0.1, -0.05) is 25.1 Å². The first kappa shape index (κ1) is 18.2. The van der Waals surface area contributed by atoms with Crippen molar-refractivity contribution in [3.63, 3.8) is 0 Å². The molecule has 28 heavy (non-hydrogen) atoms. The summed E-state index contributed by atoms with van der Waals surface area (Å²) in [6.45, 7) is 3.08. The van der Waals surface area contributed by atoms with Crippen molar-refractivity contribution in [1.82, 2.24) is 10.6 Å². The smallest absolute Gasteiger partial charge is 0.231 e. The van der Waals surface area contributed by atoms with E-state index in [2.05, 4.69) is 28.6 Å². The number of likely N-dealkylation sites (N-methyl/N-ethyl adjacent to an activating group) is 1. The quantitative estimate of drug-likeness (QED) is 0.712. The summed E-state index contributed by atoms with van der Waals surface area (Å²) in [6, 6.07) is 13.8. The second-order valence-electron chi connectivity index (χ2n) is 6.75. The number of nitrogens with two attached hydrogens (primary N) is 1. The molecule has 0 spiro atoms. The van der Waals surface area contributed by atoms with E-state index in [0.29, 0.717) is 12.4 Å². The monoisotopic (exact) mass is 380 g/mol. The fraction of sp³-hybridized carbons (Fsp3) is 0.286. The minimum Gasteiger partial charge on any atom is -0.497 e. The van der Waals surface area contributed by atoms with Gasteiger partial charge in [-0.3, -0.25) is 5.32 Å². The maximum Gasteiger partial charge on any atom is 0.231 e. The molecule has 0 bridgehead atoms. The number of benzene rings is 2. The van der Waals surface area contributed by atoms with E-state index in [0.717, 1.165) is 40.6 Å². The molecule has 7 heteroatoms. The fourth-order valence-electron chi connectivity index (χ4n) is 3.56. The van der Waals surface area contributed by atoms with Crippen LogP contribution in [0.4, 0.5) is 0 Å². The summed E-state index contributed by atoms with van der Waals surface area (Å²) in [7, 11) is 1.65. The molecule has 2 heterocycles. The normalized spacial score (nSPS) is 20.2. The van der Waals surface area contributed by atoms with Crippen molar-refractivity contribution < 1.29 is 14.2 Å². The van der Waals surface area contributed by atoms with E-state index in [-0.39, 0.29) is 6.79 Å². The Morgan fingerprint density at radius 3 is 2.89 bits per heavy atom. The van der Waals surface area contributed by atoms with Gasteiger partial charge in [-0.15, -0.1) is 0 Å². The van der Waals surface area contributed by atoms with Crippen LogP contribution < -0.4 is 30.6 Å².